The number of phenolic OH excluding ortho intramolecular Hbond substituents is 2. The van der Waals surface area contributed by atoms with Crippen molar-refractivity contribution in [1.29, 1.82) is 0 Å². The first kappa shape index (κ1) is 30.3. The number of benzene rings is 2. The number of carboxylic acid groups (broad SMARTS) is 1. The van der Waals surface area contributed by atoms with Gasteiger partial charge in [-0.2, -0.15) is 0 Å². The first-order valence-electron chi connectivity index (χ1n) is 16.7. The van der Waals surface area contributed by atoms with Gasteiger partial charge in [-0.25, -0.2) is 0 Å². The molecule has 7 rings (SSSR count). The van der Waals surface area contributed by atoms with E-state index in [4.69, 9.17) is 4.74 Å². The standard InChI is InChI=1S/C39H49NO5/c1-22-33-25(26-21-40-28-16-23(45-7)8-9-24(26)28)17-30-37(4,27(33)18-29(41)34(22)44)13-15-39(6)31-19-35(2,20-32(42)43)10-11-36(31,3)12-14-38(30,39)5/h8-9,16-18,21,25,31,40-41,44H,10-15,19-20H2,1-7H3,(H,42,43)/t25?,31-,35-,36-,37+,38-,39+/m1/s1. The average molecular weight is 612 g/mol. The van der Waals surface area contributed by atoms with Crippen LogP contribution in [0.25, 0.3) is 10.9 Å². The van der Waals surface area contributed by atoms with E-state index in [0.717, 1.165) is 83.9 Å². The van der Waals surface area contributed by atoms with Crippen molar-refractivity contribution in [2.24, 2.45) is 27.6 Å². The number of carbonyl (C=O) groups is 1. The minimum absolute atomic E-state index is 0.00479. The van der Waals surface area contributed by atoms with Gasteiger partial charge in [0.15, 0.2) is 11.5 Å². The maximum Gasteiger partial charge on any atom is 0.303 e. The van der Waals surface area contributed by atoms with Crippen LogP contribution in [0.4, 0.5) is 0 Å². The van der Waals surface area contributed by atoms with Crippen molar-refractivity contribution in [1.82, 2.24) is 4.98 Å². The van der Waals surface area contributed by atoms with Gasteiger partial charge in [-0.3, -0.25) is 4.79 Å². The predicted octanol–water partition coefficient (Wildman–Crippen LogP) is 9.11. The van der Waals surface area contributed by atoms with E-state index in [1.165, 1.54) is 5.57 Å². The third-order valence-electron chi connectivity index (χ3n) is 14.0. The second-order valence-electron chi connectivity index (χ2n) is 16.4. The van der Waals surface area contributed by atoms with Crippen molar-refractivity contribution in [3.63, 3.8) is 0 Å². The zero-order valence-electron chi connectivity index (χ0n) is 27.9. The number of carboxylic acids is 1. The number of phenols is 2. The Morgan fingerprint density at radius 1 is 1.00 bits per heavy atom. The molecule has 4 aliphatic carbocycles. The van der Waals surface area contributed by atoms with Gasteiger partial charge < -0.3 is 25.0 Å². The Bertz CT molecular complexity index is 1770. The fourth-order valence-corrected chi connectivity index (χ4v) is 11.1. The van der Waals surface area contributed by atoms with Crippen LogP contribution in [0.3, 0.4) is 0 Å². The van der Waals surface area contributed by atoms with Gasteiger partial charge in [-0.15, -0.1) is 0 Å². The van der Waals surface area contributed by atoms with Gasteiger partial charge in [0.2, 0.25) is 0 Å². The highest BCUT2D eigenvalue weighted by Gasteiger charge is 2.67. The van der Waals surface area contributed by atoms with Crippen LogP contribution < -0.4 is 4.74 Å². The van der Waals surface area contributed by atoms with Crippen LogP contribution in [-0.2, 0) is 10.2 Å². The molecule has 3 aromatic rings. The Labute approximate surface area is 266 Å². The smallest absolute Gasteiger partial charge is 0.303 e. The minimum atomic E-state index is -0.690. The highest BCUT2D eigenvalue weighted by molar-refractivity contribution is 5.86. The summed E-state index contributed by atoms with van der Waals surface area (Å²) in [6.07, 6.45) is 12.1. The van der Waals surface area contributed by atoms with Gasteiger partial charge in [0.1, 0.15) is 5.75 Å². The van der Waals surface area contributed by atoms with Crippen molar-refractivity contribution in [2.75, 3.05) is 7.11 Å². The van der Waals surface area contributed by atoms with E-state index in [-0.39, 0.29) is 50.9 Å². The Morgan fingerprint density at radius 2 is 1.73 bits per heavy atom. The number of hydrogen-bond donors (Lipinski definition) is 4. The maximum atomic E-state index is 12.0. The van der Waals surface area contributed by atoms with Gasteiger partial charge in [-0.1, -0.05) is 46.3 Å². The largest absolute Gasteiger partial charge is 0.504 e. The van der Waals surface area contributed by atoms with E-state index in [0.29, 0.717) is 5.92 Å². The van der Waals surface area contributed by atoms with Crippen LogP contribution >= 0.6 is 0 Å². The Hall–Kier alpha value is -3.41. The number of aliphatic carboxylic acids is 1. The molecule has 1 unspecified atom stereocenters. The van der Waals surface area contributed by atoms with Crippen LogP contribution in [0.2, 0.25) is 0 Å². The van der Waals surface area contributed by atoms with E-state index in [9.17, 15) is 20.1 Å². The van der Waals surface area contributed by atoms with Crippen molar-refractivity contribution < 1.29 is 24.9 Å². The van der Waals surface area contributed by atoms with Gasteiger partial charge in [0.05, 0.1) is 13.5 Å². The number of aromatic hydroxyl groups is 2. The zero-order chi connectivity index (χ0) is 32.3. The number of aromatic nitrogens is 1. The van der Waals surface area contributed by atoms with Crippen LogP contribution in [0.15, 0.2) is 42.1 Å². The normalized spacial score (nSPS) is 37.2. The van der Waals surface area contributed by atoms with Crippen LogP contribution in [0.5, 0.6) is 17.2 Å². The third kappa shape index (κ3) is 4.02. The minimum Gasteiger partial charge on any atom is -0.504 e. The fraction of sp³-hybridized carbons (Fsp3) is 0.564. The zero-order valence-corrected chi connectivity index (χ0v) is 27.9. The molecule has 1 heterocycles. The molecule has 2 aromatic carbocycles. The van der Waals surface area contributed by atoms with Gasteiger partial charge in [-0.05, 0) is 120 Å². The molecule has 3 saturated carbocycles. The lowest BCUT2D eigenvalue weighted by atomic mass is 9.34. The molecule has 1 aromatic heterocycles. The molecular formula is C39H49NO5. The number of fused-ring (bicyclic) bond motifs is 8. The Kier molecular flexibility index (Phi) is 6.43. The molecule has 3 fully saturated rings. The number of H-pyrrole nitrogens is 1. The summed E-state index contributed by atoms with van der Waals surface area (Å²) < 4.78 is 5.51. The highest BCUT2D eigenvalue weighted by atomic mass is 16.5. The highest BCUT2D eigenvalue weighted by Crippen LogP contribution is 2.75. The summed E-state index contributed by atoms with van der Waals surface area (Å²) in [5.41, 5.74) is 6.14. The van der Waals surface area contributed by atoms with Crippen LogP contribution in [0.1, 0.15) is 114 Å². The van der Waals surface area contributed by atoms with E-state index < -0.39 is 5.97 Å². The van der Waals surface area contributed by atoms with E-state index >= 15 is 0 Å². The first-order valence-corrected chi connectivity index (χ1v) is 16.7. The number of nitrogens with one attached hydrogen (secondary N) is 1. The fourth-order valence-electron chi connectivity index (χ4n) is 11.1. The molecule has 45 heavy (non-hydrogen) atoms. The number of allylic oxidation sites excluding steroid dienone is 2. The molecule has 0 saturated heterocycles. The first-order chi connectivity index (χ1) is 21.1. The summed E-state index contributed by atoms with van der Waals surface area (Å²) in [5, 5.41) is 33.1. The van der Waals surface area contributed by atoms with Crippen molar-refractivity contribution in [3.05, 3.63) is 64.4 Å². The average Bonchev–Trinajstić information content (AvgIpc) is 3.41. The Morgan fingerprint density at radius 3 is 2.44 bits per heavy atom. The van der Waals surface area contributed by atoms with Crippen molar-refractivity contribution in [2.45, 2.75) is 104 Å². The molecule has 0 aliphatic heterocycles. The lowest BCUT2D eigenvalue weighted by molar-refractivity contribution is -0.165. The molecule has 7 atom stereocenters. The van der Waals surface area contributed by atoms with Crippen molar-refractivity contribution >= 4 is 16.9 Å². The summed E-state index contributed by atoms with van der Waals surface area (Å²) in [7, 11) is 1.68. The number of rotatable bonds is 4. The number of aromatic amines is 1. The molecule has 0 radical (unpaired) electrons. The molecule has 4 N–H and O–H groups in total. The molecule has 4 aliphatic rings. The molecule has 0 bridgehead atoms. The van der Waals surface area contributed by atoms with Crippen molar-refractivity contribution in [3.8, 4) is 17.2 Å². The SMILES string of the molecule is COc1ccc2c(C3C=C4[C@@](C)(CC[C@@]5(C)[C@@H]6C[C@](C)(CC(=O)O)CC[C@]6(C)CC[C@]45C)c4cc(O)c(O)c(C)c43)c[nH]c2c1. The maximum absolute atomic E-state index is 12.0. The number of hydrogen-bond acceptors (Lipinski definition) is 4. The van der Waals surface area contributed by atoms with E-state index in [2.05, 4.69) is 57.9 Å². The molecule has 6 nitrogen and oxygen atoms in total. The lowest BCUT2D eigenvalue weighted by Gasteiger charge is -2.70. The topological polar surface area (TPSA) is 103 Å². The molecular weight excluding hydrogens is 562 g/mol. The second-order valence-corrected chi connectivity index (χ2v) is 16.4. The summed E-state index contributed by atoms with van der Waals surface area (Å²) in [6, 6.07) is 7.99. The molecule has 6 heteroatoms. The second kappa shape index (κ2) is 9.56. The number of methoxy groups -OCH3 is 1. The molecule has 0 spiro atoms. The number of ether oxygens (including phenoxy) is 1. The van der Waals surface area contributed by atoms with E-state index in [1.807, 2.05) is 25.1 Å². The molecule has 0 amide bonds. The monoisotopic (exact) mass is 611 g/mol. The van der Waals surface area contributed by atoms with E-state index in [1.54, 1.807) is 7.11 Å². The summed E-state index contributed by atoms with van der Waals surface area (Å²) >= 11 is 0. The van der Waals surface area contributed by atoms with Crippen LogP contribution in [-0.4, -0.2) is 33.4 Å². The third-order valence-corrected chi connectivity index (χ3v) is 14.0. The van der Waals surface area contributed by atoms with Gasteiger partial charge in [0, 0.05) is 34.5 Å². The summed E-state index contributed by atoms with van der Waals surface area (Å²) in [6.45, 7) is 14.0. The molecule has 240 valence electrons. The quantitative estimate of drug-likeness (QED) is 0.174. The summed E-state index contributed by atoms with van der Waals surface area (Å²) in [4.78, 5) is 15.5. The lowest BCUT2D eigenvalue weighted by Crippen LogP contribution is -2.62. The van der Waals surface area contributed by atoms with Crippen LogP contribution in [0, 0.1) is 34.5 Å². The summed E-state index contributed by atoms with van der Waals surface area (Å²) in [5.74, 6) is 0.331. The van der Waals surface area contributed by atoms with Gasteiger partial charge in [0.25, 0.3) is 0 Å². The van der Waals surface area contributed by atoms with Gasteiger partial charge >= 0.3 is 5.97 Å². The Balaban J connectivity index is 1.43. The predicted molar refractivity (Wildman–Crippen MR) is 177 cm³/mol.